The minimum atomic E-state index is -0.259. The molecule has 1 aliphatic rings. The molecule has 1 N–H and O–H groups in total. The number of rotatable bonds is 4. The quantitative estimate of drug-likeness (QED) is 0.764. The Morgan fingerprint density at radius 3 is 2.42 bits per heavy atom. The lowest BCUT2D eigenvalue weighted by Crippen LogP contribution is -2.12. The van der Waals surface area contributed by atoms with Gasteiger partial charge in [-0.05, 0) is 42.2 Å². The summed E-state index contributed by atoms with van der Waals surface area (Å²) in [5, 5.41) is 10.6. The minimum Gasteiger partial charge on any atom is -0.388 e. The first-order chi connectivity index (χ1) is 9.16. The van der Waals surface area contributed by atoms with Gasteiger partial charge >= 0.3 is 0 Å². The highest BCUT2D eigenvalue weighted by atomic mass is 16.3. The number of aliphatic hydroxyl groups is 1. The van der Waals surface area contributed by atoms with Crippen LogP contribution in [-0.2, 0) is 6.42 Å². The third kappa shape index (κ3) is 4.35. The first-order valence-electron chi connectivity index (χ1n) is 7.93. The Hall–Kier alpha value is -0.820. The highest BCUT2D eigenvalue weighted by molar-refractivity contribution is 5.26. The van der Waals surface area contributed by atoms with Gasteiger partial charge in [0.2, 0.25) is 0 Å². The van der Waals surface area contributed by atoms with Gasteiger partial charge in [0.25, 0.3) is 0 Å². The lowest BCUT2D eigenvalue weighted by molar-refractivity contribution is 0.0987. The summed E-state index contributed by atoms with van der Waals surface area (Å²) in [5.74, 6) is 1.14. The van der Waals surface area contributed by atoms with Crippen LogP contribution < -0.4 is 0 Å². The molecule has 0 heterocycles. The first-order valence-corrected chi connectivity index (χ1v) is 7.93. The van der Waals surface area contributed by atoms with Crippen LogP contribution in [0.2, 0.25) is 0 Å². The Morgan fingerprint density at radius 2 is 1.79 bits per heavy atom. The van der Waals surface area contributed by atoms with Crippen molar-refractivity contribution in [3.63, 3.8) is 0 Å². The van der Waals surface area contributed by atoms with E-state index >= 15 is 0 Å². The van der Waals surface area contributed by atoms with Gasteiger partial charge in [0, 0.05) is 0 Å². The molecule has 0 aliphatic heterocycles. The molecule has 0 aromatic heterocycles. The van der Waals surface area contributed by atoms with Crippen LogP contribution in [0.15, 0.2) is 24.3 Å². The molecule has 1 heteroatoms. The van der Waals surface area contributed by atoms with Crippen molar-refractivity contribution in [1.82, 2.24) is 0 Å². The summed E-state index contributed by atoms with van der Waals surface area (Å²) in [5.41, 5.74) is 2.49. The zero-order valence-electron chi connectivity index (χ0n) is 12.4. The van der Waals surface area contributed by atoms with Crippen LogP contribution in [0.1, 0.15) is 69.6 Å². The molecule has 1 saturated carbocycles. The van der Waals surface area contributed by atoms with Crippen LogP contribution in [0, 0.1) is 11.8 Å². The maximum absolute atomic E-state index is 10.6. The summed E-state index contributed by atoms with van der Waals surface area (Å²) >= 11 is 0. The largest absolute Gasteiger partial charge is 0.388 e. The van der Waals surface area contributed by atoms with Crippen LogP contribution >= 0.6 is 0 Å². The molecule has 1 unspecified atom stereocenters. The second-order valence-electron chi connectivity index (χ2n) is 6.54. The molecule has 1 aromatic rings. The molecule has 1 atom stereocenters. The third-order valence-electron chi connectivity index (χ3n) is 4.28. The zero-order valence-corrected chi connectivity index (χ0v) is 12.4. The molecule has 1 fully saturated rings. The molecule has 0 amide bonds. The molecule has 0 saturated heterocycles. The zero-order chi connectivity index (χ0) is 13.7. The van der Waals surface area contributed by atoms with Gasteiger partial charge in [-0.15, -0.1) is 0 Å². The van der Waals surface area contributed by atoms with Crippen LogP contribution in [0.3, 0.4) is 0 Å². The summed E-state index contributed by atoms with van der Waals surface area (Å²) < 4.78 is 0. The topological polar surface area (TPSA) is 20.2 Å². The molecule has 1 aromatic carbocycles. The SMILES string of the molecule is CC(C)Cc1cccc(C(O)C2CCCCCC2)c1. The second kappa shape index (κ2) is 7.09. The fraction of sp³-hybridized carbons (Fsp3) is 0.667. The normalized spacial score (nSPS) is 19.4. The average Bonchev–Trinajstić information content (AvgIpc) is 2.66. The van der Waals surface area contributed by atoms with E-state index in [1.54, 1.807) is 0 Å². The molecular formula is C18H28O. The summed E-state index contributed by atoms with van der Waals surface area (Å²) in [6, 6.07) is 8.60. The van der Waals surface area contributed by atoms with E-state index in [2.05, 4.69) is 38.1 Å². The highest BCUT2D eigenvalue weighted by Crippen LogP contribution is 2.33. The Balaban J connectivity index is 2.06. The Morgan fingerprint density at radius 1 is 1.11 bits per heavy atom. The van der Waals surface area contributed by atoms with E-state index in [1.165, 1.54) is 44.1 Å². The molecule has 106 valence electrons. The summed E-state index contributed by atoms with van der Waals surface area (Å²) in [6.45, 7) is 4.49. The summed E-state index contributed by atoms with van der Waals surface area (Å²) in [4.78, 5) is 0. The maximum Gasteiger partial charge on any atom is 0.0818 e. The Kier molecular flexibility index (Phi) is 5.45. The van der Waals surface area contributed by atoms with Gasteiger partial charge in [0.05, 0.1) is 6.10 Å². The second-order valence-corrected chi connectivity index (χ2v) is 6.54. The van der Waals surface area contributed by atoms with Crippen molar-refractivity contribution in [3.8, 4) is 0 Å². The van der Waals surface area contributed by atoms with Crippen molar-refractivity contribution in [2.24, 2.45) is 11.8 Å². The van der Waals surface area contributed by atoms with E-state index in [1.807, 2.05) is 0 Å². The van der Waals surface area contributed by atoms with Crippen molar-refractivity contribution >= 4 is 0 Å². The van der Waals surface area contributed by atoms with Crippen molar-refractivity contribution in [3.05, 3.63) is 35.4 Å². The van der Waals surface area contributed by atoms with E-state index < -0.39 is 0 Å². The number of hydrogen-bond acceptors (Lipinski definition) is 1. The van der Waals surface area contributed by atoms with Gasteiger partial charge in [-0.2, -0.15) is 0 Å². The van der Waals surface area contributed by atoms with Crippen LogP contribution in [0.5, 0.6) is 0 Å². The molecular weight excluding hydrogens is 232 g/mol. The van der Waals surface area contributed by atoms with Gasteiger partial charge in [-0.25, -0.2) is 0 Å². The molecule has 1 aliphatic carbocycles. The third-order valence-corrected chi connectivity index (χ3v) is 4.28. The standard InChI is InChI=1S/C18H28O/c1-14(2)12-15-8-7-11-17(13-15)18(19)16-9-5-3-4-6-10-16/h7-8,11,13-14,16,18-19H,3-6,9-10,12H2,1-2H3. The molecule has 2 rings (SSSR count). The van der Waals surface area contributed by atoms with Gasteiger partial charge in [0.1, 0.15) is 0 Å². The lowest BCUT2D eigenvalue weighted by Gasteiger charge is -2.22. The molecule has 1 nitrogen and oxygen atoms in total. The van der Waals surface area contributed by atoms with E-state index in [9.17, 15) is 5.11 Å². The molecule has 0 spiro atoms. The molecule has 0 bridgehead atoms. The maximum atomic E-state index is 10.6. The van der Waals surface area contributed by atoms with Gasteiger partial charge < -0.3 is 5.11 Å². The number of hydrogen-bond donors (Lipinski definition) is 1. The number of aliphatic hydroxyl groups excluding tert-OH is 1. The summed E-state index contributed by atoms with van der Waals surface area (Å²) in [6.07, 6.45) is 8.48. The van der Waals surface area contributed by atoms with Gasteiger partial charge in [-0.3, -0.25) is 0 Å². The predicted octanol–water partition coefficient (Wildman–Crippen LogP) is 4.89. The average molecular weight is 260 g/mol. The van der Waals surface area contributed by atoms with Crippen LogP contribution in [-0.4, -0.2) is 5.11 Å². The van der Waals surface area contributed by atoms with Crippen LogP contribution in [0.4, 0.5) is 0 Å². The highest BCUT2D eigenvalue weighted by Gasteiger charge is 2.22. The Labute approximate surface area is 118 Å². The minimum absolute atomic E-state index is 0.259. The first kappa shape index (κ1) is 14.6. The van der Waals surface area contributed by atoms with Crippen molar-refractivity contribution in [2.45, 2.75) is 64.9 Å². The van der Waals surface area contributed by atoms with Crippen LogP contribution in [0.25, 0.3) is 0 Å². The van der Waals surface area contributed by atoms with Gasteiger partial charge in [-0.1, -0.05) is 63.8 Å². The lowest BCUT2D eigenvalue weighted by atomic mass is 9.88. The van der Waals surface area contributed by atoms with Crippen molar-refractivity contribution in [2.75, 3.05) is 0 Å². The van der Waals surface area contributed by atoms with Crippen molar-refractivity contribution < 1.29 is 5.11 Å². The Bertz CT molecular complexity index is 375. The molecule has 19 heavy (non-hydrogen) atoms. The van der Waals surface area contributed by atoms with Gasteiger partial charge in [0.15, 0.2) is 0 Å². The summed E-state index contributed by atoms with van der Waals surface area (Å²) in [7, 11) is 0. The van der Waals surface area contributed by atoms with E-state index in [4.69, 9.17) is 0 Å². The predicted molar refractivity (Wildman–Crippen MR) is 81.1 cm³/mol. The van der Waals surface area contributed by atoms with E-state index in [0.717, 1.165) is 12.0 Å². The van der Waals surface area contributed by atoms with Crippen molar-refractivity contribution in [1.29, 1.82) is 0 Å². The fourth-order valence-corrected chi connectivity index (χ4v) is 3.27. The smallest absolute Gasteiger partial charge is 0.0818 e. The molecule has 0 radical (unpaired) electrons. The monoisotopic (exact) mass is 260 g/mol. The van der Waals surface area contributed by atoms with E-state index in [-0.39, 0.29) is 6.10 Å². The number of benzene rings is 1. The van der Waals surface area contributed by atoms with E-state index in [0.29, 0.717) is 11.8 Å². The fourth-order valence-electron chi connectivity index (χ4n) is 3.27.